The molecule has 0 saturated heterocycles. The largest absolute Gasteiger partial charge is 0.392 e. The lowest BCUT2D eigenvalue weighted by molar-refractivity contribution is 0.00397. The van der Waals surface area contributed by atoms with Gasteiger partial charge < -0.3 is 20.5 Å². The Morgan fingerprint density at radius 2 is 2.13 bits per heavy atom. The molecule has 0 bridgehead atoms. The fraction of sp³-hybridized carbons (Fsp3) is 0.667. The summed E-state index contributed by atoms with van der Waals surface area (Å²) in [5.41, 5.74) is 0.627. The number of aliphatic hydroxyl groups excluding tert-OH is 1. The number of hydrogen-bond donors (Lipinski definition) is 4. The summed E-state index contributed by atoms with van der Waals surface area (Å²) < 4.78 is 32.2. The van der Waals surface area contributed by atoms with Crippen LogP contribution in [0.1, 0.15) is 45.1 Å². The van der Waals surface area contributed by atoms with Crippen molar-refractivity contribution in [2.45, 2.75) is 57.1 Å². The van der Waals surface area contributed by atoms with Gasteiger partial charge >= 0.3 is 0 Å². The minimum Gasteiger partial charge on any atom is -0.392 e. The van der Waals surface area contributed by atoms with E-state index in [9.17, 15) is 13.5 Å². The van der Waals surface area contributed by atoms with Crippen LogP contribution in [0.5, 0.6) is 0 Å². The molecule has 1 fully saturated rings. The molecular formula is C21H36N4O4S. The molecule has 2 atom stereocenters. The molecule has 0 amide bonds. The Hall–Kier alpha value is -1.68. The molecule has 8 nitrogen and oxygen atoms in total. The van der Waals surface area contributed by atoms with E-state index in [-0.39, 0.29) is 23.0 Å². The van der Waals surface area contributed by atoms with Gasteiger partial charge in [-0.3, -0.25) is 0 Å². The number of rotatable bonds is 10. The number of hydrogen-bond acceptors (Lipinski definition) is 5. The van der Waals surface area contributed by atoms with E-state index < -0.39 is 10.0 Å². The number of nitrogens with zero attached hydrogens (tertiary/aromatic N) is 1. The molecule has 170 valence electrons. The number of nitrogens with one attached hydrogen (secondary N) is 3. The SMILES string of the molecule is CCNC(=NCc1cccc(S(=O)(=O)NCCOC)c1)NCC1(C)CCCCC1O. The summed E-state index contributed by atoms with van der Waals surface area (Å²) in [6.45, 7) is 6.33. The third-order valence-corrected chi connectivity index (χ3v) is 6.97. The Labute approximate surface area is 180 Å². The second-order valence-electron chi connectivity index (χ2n) is 8.00. The lowest BCUT2D eigenvalue weighted by atomic mass is 9.73. The first-order valence-electron chi connectivity index (χ1n) is 10.6. The average Bonchev–Trinajstić information content (AvgIpc) is 2.73. The van der Waals surface area contributed by atoms with Crippen LogP contribution in [0.25, 0.3) is 0 Å². The van der Waals surface area contributed by atoms with E-state index in [1.807, 2.05) is 13.0 Å². The lowest BCUT2D eigenvalue weighted by Gasteiger charge is -2.38. The highest BCUT2D eigenvalue weighted by atomic mass is 32.2. The van der Waals surface area contributed by atoms with Gasteiger partial charge in [0.2, 0.25) is 10.0 Å². The van der Waals surface area contributed by atoms with Gasteiger partial charge in [-0.25, -0.2) is 18.1 Å². The molecule has 0 aromatic heterocycles. The third kappa shape index (κ3) is 7.23. The summed E-state index contributed by atoms with van der Waals surface area (Å²) in [6, 6.07) is 6.77. The molecule has 1 aliphatic rings. The molecule has 1 aromatic rings. The molecule has 2 unspecified atom stereocenters. The first-order valence-corrected chi connectivity index (χ1v) is 12.1. The van der Waals surface area contributed by atoms with Crippen LogP contribution in [-0.2, 0) is 21.3 Å². The van der Waals surface area contributed by atoms with E-state index >= 15 is 0 Å². The van der Waals surface area contributed by atoms with Gasteiger partial charge in [0, 0.05) is 32.2 Å². The molecular weight excluding hydrogens is 404 g/mol. The van der Waals surface area contributed by atoms with Gasteiger partial charge in [-0.15, -0.1) is 0 Å². The normalized spacial score (nSPS) is 22.7. The Kier molecular flexibility index (Phi) is 9.54. The fourth-order valence-corrected chi connectivity index (χ4v) is 4.64. The molecule has 1 aromatic carbocycles. The summed E-state index contributed by atoms with van der Waals surface area (Å²) >= 11 is 0. The van der Waals surface area contributed by atoms with Crippen molar-refractivity contribution in [1.82, 2.24) is 15.4 Å². The van der Waals surface area contributed by atoms with E-state index in [2.05, 4.69) is 27.3 Å². The minimum atomic E-state index is -3.58. The summed E-state index contributed by atoms with van der Waals surface area (Å²) in [7, 11) is -2.05. The molecule has 0 radical (unpaired) electrons. The Morgan fingerprint density at radius 1 is 1.33 bits per heavy atom. The highest BCUT2D eigenvalue weighted by Crippen LogP contribution is 2.35. The molecule has 0 aliphatic heterocycles. The van der Waals surface area contributed by atoms with Gasteiger partial charge in [0.05, 0.1) is 24.2 Å². The van der Waals surface area contributed by atoms with Gasteiger partial charge in [0.1, 0.15) is 0 Å². The Bertz CT molecular complexity index is 800. The standard InChI is InChI=1S/C21H36N4O4S/c1-4-22-20(24-16-21(2)11-6-5-10-19(21)26)23-15-17-8-7-9-18(14-17)30(27,28)25-12-13-29-3/h7-9,14,19,25-26H,4-6,10-13,15-16H2,1-3H3,(H2,22,23,24). The molecule has 4 N–H and O–H groups in total. The molecule has 9 heteroatoms. The average molecular weight is 441 g/mol. The fourth-order valence-electron chi connectivity index (χ4n) is 3.56. The highest BCUT2D eigenvalue weighted by molar-refractivity contribution is 7.89. The van der Waals surface area contributed by atoms with Crippen molar-refractivity contribution in [1.29, 1.82) is 0 Å². The van der Waals surface area contributed by atoms with Gasteiger partial charge in [0.25, 0.3) is 0 Å². The van der Waals surface area contributed by atoms with Gasteiger partial charge in [-0.05, 0) is 37.5 Å². The van der Waals surface area contributed by atoms with Crippen molar-refractivity contribution in [2.24, 2.45) is 10.4 Å². The summed E-state index contributed by atoms with van der Waals surface area (Å²) in [5, 5.41) is 17.0. The Morgan fingerprint density at radius 3 is 2.83 bits per heavy atom. The van der Waals surface area contributed by atoms with E-state index in [4.69, 9.17) is 4.74 Å². The monoisotopic (exact) mass is 440 g/mol. The molecule has 0 heterocycles. The van der Waals surface area contributed by atoms with Crippen LogP contribution in [0.15, 0.2) is 34.2 Å². The quantitative estimate of drug-likeness (QED) is 0.250. The van der Waals surface area contributed by atoms with E-state index in [1.54, 1.807) is 18.2 Å². The Balaban J connectivity index is 2.03. The van der Waals surface area contributed by atoms with Crippen LogP contribution in [-0.4, -0.2) is 58.9 Å². The number of ether oxygens (including phenoxy) is 1. The minimum absolute atomic E-state index is 0.170. The van der Waals surface area contributed by atoms with Gasteiger partial charge in [-0.2, -0.15) is 0 Å². The number of aliphatic imine (C=N–C) groups is 1. The van der Waals surface area contributed by atoms with Crippen molar-refractivity contribution in [3.05, 3.63) is 29.8 Å². The second kappa shape index (κ2) is 11.6. The first-order chi connectivity index (χ1) is 14.3. The maximum absolute atomic E-state index is 12.4. The van der Waals surface area contributed by atoms with Crippen LogP contribution in [0.2, 0.25) is 0 Å². The van der Waals surface area contributed by atoms with Crippen LogP contribution in [0, 0.1) is 5.41 Å². The molecule has 2 rings (SSSR count). The number of benzene rings is 1. The molecule has 0 spiro atoms. The zero-order chi connectivity index (χ0) is 22.0. The van der Waals surface area contributed by atoms with Gasteiger partial charge in [-0.1, -0.05) is 31.9 Å². The van der Waals surface area contributed by atoms with Crippen LogP contribution in [0.3, 0.4) is 0 Å². The molecule has 30 heavy (non-hydrogen) atoms. The van der Waals surface area contributed by atoms with Crippen molar-refractivity contribution in [2.75, 3.05) is 33.4 Å². The number of aliphatic hydroxyl groups is 1. The maximum atomic E-state index is 12.4. The maximum Gasteiger partial charge on any atom is 0.240 e. The summed E-state index contributed by atoms with van der Waals surface area (Å²) in [6.07, 6.45) is 3.71. The van der Waals surface area contributed by atoms with Crippen molar-refractivity contribution in [3.8, 4) is 0 Å². The highest BCUT2D eigenvalue weighted by Gasteiger charge is 2.35. The smallest absolute Gasteiger partial charge is 0.240 e. The first kappa shape index (κ1) is 24.6. The van der Waals surface area contributed by atoms with E-state index in [0.717, 1.165) is 31.2 Å². The predicted octanol–water partition coefficient (Wildman–Crippen LogP) is 1.61. The number of sulfonamides is 1. The lowest BCUT2D eigenvalue weighted by Crippen LogP contribution is -2.48. The van der Waals surface area contributed by atoms with E-state index in [0.29, 0.717) is 32.2 Å². The van der Waals surface area contributed by atoms with Crippen molar-refractivity contribution in [3.63, 3.8) is 0 Å². The molecule has 1 saturated carbocycles. The third-order valence-electron chi connectivity index (χ3n) is 5.51. The zero-order valence-corrected chi connectivity index (χ0v) is 19.1. The number of guanidine groups is 1. The molecule has 1 aliphatic carbocycles. The van der Waals surface area contributed by atoms with Crippen LogP contribution >= 0.6 is 0 Å². The van der Waals surface area contributed by atoms with Gasteiger partial charge in [0.15, 0.2) is 5.96 Å². The van der Waals surface area contributed by atoms with E-state index in [1.165, 1.54) is 7.11 Å². The van der Waals surface area contributed by atoms with Crippen LogP contribution < -0.4 is 15.4 Å². The summed E-state index contributed by atoms with van der Waals surface area (Å²) in [4.78, 5) is 4.81. The van der Waals surface area contributed by atoms with Crippen molar-refractivity contribution < 1.29 is 18.3 Å². The van der Waals surface area contributed by atoms with Crippen LogP contribution in [0.4, 0.5) is 0 Å². The number of methoxy groups -OCH3 is 1. The van der Waals surface area contributed by atoms with Crippen molar-refractivity contribution >= 4 is 16.0 Å². The topological polar surface area (TPSA) is 112 Å². The zero-order valence-electron chi connectivity index (χ0n) is 18.3. The second-order valence-corrected chi connectivity index (χ2v) is 9.77. The summed E-state index contributed by atoms with van der Waals surface area (Å²) in [5.74, 6) is 0.656. The predicted molar refractivity (Wildman–Crippen MR) is 119 cm³/mol.